The molecule has 2 N–H and O–H groups in total. The molecule has 1 heterocycles. The number of hydrogen-bond acceptors (Lipinski definition) is 4. The van der Waals surface area contributed by atoms with Crippen LogP contribution in [0, 0.1) is 5.92 Å². The second-order valence-corrected chi connectivity index (χ2v) is 6.84. The fourth-order valence-electron chi connectivity index (χ4n) is 2.76. The van der Waals surface area contributed by atoms with E-state index in [0.717, 1.165) is 25.8 Å². The first-order chi connectivity index (χ1) is 9.85. The van der Waals surface area contributed by atoms with Gasteiger partial charge in [0.1, 0.15) is 5.60 Å². The average molecular weight is 290 g/mol. The lowest BCUT2D eigenvalue weighted by Crippen LogP contribution is -2.49. The van der Waals surface area contributed by atoms with Crippen molar-refractivity contribution >= 4 is 5.97 Å². The Morgan fingerprint density at radius 1 is 1.33 bits per heavy atom. The molecule has 0 bridgehead atoms. The van der Waals surface area contributed by atoms with Crippen LogP contribution < -0.4 is 5.84 Å². The van der Waals surface area contributed by atoms with Gasteiger partial charge in [0.2, 0.25) is 0 Å². The summed E-state index contributed by atoms with van der Waals surface area (Å²) >= 11 is 0. The summed E-state index contributed by atoms with van der Waals surface area (Å²) in [4.78, 5) is 12.2. The Kier molecular flexibility index (Phi) is 5.01. The van der Waals surface area contributed by atoms with Gasteiger partial charge in [-0.3, -0.25) is 10.6 Å². The van der Waals surface area contributed by atoms with E-state index >= 15 is 0 Å². The van der Waals surface area contributed by atoms with Crippen molar-refractivity contribution in [3.8, 4) is 0 Å². The van der Waals surface area contributed by atoms with E-state index < -0.39 is 5.60 Å². The van der Waals surface area contributed by atoms with Gasteiger partial charge in [0.05, 0.1) is 5.92 Å². The van der Waals surface area contributed by atoms with E-state index in [1.165, 1.54) is 5.56 Å². The van der Waals surface area contributed by atoms with Gasteiger partial charge in [0.25, 0.3) is 0 Å². The fourth-order valence-corrected chi connectivity index (χ4v) is 2.76. The van der Waals surface area contributed by atoms with Crippen LogP contribution >= 0.6 is 0 Å². The van der Waals surface area contributed by atoms with Crippen molar-refractivity contribution in [2.75, 3.05) is 6.54 Å². The van der Waals surface area contributed by atoms with Crippen LogP contribution in [0.4, 0.5) is 0 Å². The maximum absolute atomic E-state index is 12.2. The highest BCUT2D eigenvalue weighted by Gasteiger charge is 2.33. The summed E-state index contributed by atoms with van der Waals surface area (Å²) in [7, 11) is 0. The number of piperidine rings is 1. The normalized spacial score (nSPS) is 23.8. The molecule has 116 valence electrons. The van der Waals surface area contributed by atoms with Crippen LogP contribution in [-0.2, 0) is 16.0 Å². The van der Waals surface area contributed by atoms with Gasteiger partial charge >= 0.3 is 5.97 Å². The molecule has 1 aliphatic rings. The molecule has 0 saturated carbocycles. The quantitative estimate of drug-likeness (QED) is 0.686. The number of ether oxygens (including phenoxy) is 1. The number of carbonyl (C=O) groups is 1. The summed E-state index contributed by atoms with van der Waals surface area (Å²) in [5.41, 5.74) is 0.828. The molecule has 0 aromatic heterocycles. The number of rotatable bonds is 3. The first-order valence-electron chi connectivity index (χ1n) is 7.63. The van der Waals surface area contributed by atoms with Crippen LogP contribution in [0.3, 0.4) is 0 Å². The Hall–Kier alpha value is -1.39. The number of hydrazine groups is 1. The summed E-state index contributed by atoms with van der Waals surface area (Å²) in [6.07, 6.45) is 2.41. The topological polar surface area (TPSA) is 55.6 Å². The lowest BCUT2D eigenvalue weighted by molar-refractivity contribution is -0.162. The second-order valence-electron chi connectivity index (χ2n) is 6.84. The van der Waals surface area contributed by atoms with Crippen molar-refractivity contribution in [1.82, 2.24) is 5.01 Å². The molecule has 2 rings (SSSR count). The lowest BCUT2D eigenvalue weighted by atomic mass is 9.88. The summed E-state index contributed by atoms with van der Waals surface area (Å²) < 4.78 is 5.51. The molecule has 4 heteroatoms. The zero-order chi connectivity index (χ0) is 15.5. The first-order valence-corrected chi connectivity index (χ1v) is 7.63. The molecular weight excluding hydrogens is 264 g/mol. The molecule has 1 aromatic carbocycles. The molecular formula is C17H26N2O2. The third-order valence-corrected chi connectivity index (χ3v) is 3.82. The average Bonchev–Trinajstić information content (AvgIpc) is 2.40. The maximum Gasteiger partial charge on any atom is 0.309 e. The van der Waals surface area contributed by atoms with Gasteiger partial charge in [-0.1, -0.05) is 30.3 Å². The molecule has 2 atom stereocenters. The van der Waals surface area contributed by atoms with Gasteiger partial charge in [-0.05, 0) is 45.6 Å². The molecule has 1 aliphatic heterocycles. The summed E-state index contributed by atoms with van der Waals surface area (Å²) in [6, 6.07) is 10.5. The standard InChI is InChI=1S/C17H26N2O2/c1-17(2,3)21-16(20)14-9-10-19(18)15(12-14)11-13-7-5-4-6-8-13/h4-8,14-15H,9-12,18H2,1-3H3. The van der Waals surface area contributed by atoms with E-state index in [4.69, 9.17) is 10.6 Å². The predicted molar refractivity (Wildman–Crippen MR) is 83.4 cm³/mol. The predicted octanol–water partition coefficient (Wildman–Crippen LogP) is 2.53. The zero-order valence-electron chi connectivity index (χ0n) is 13.2. The van der Waals surface area contributed by atoms with Crippen LogP contribution in [-0.4, -0.2) is 29.2 Å². The van der Waals surface area contributed by atoms with E-state index in [9.17, 15) is 4.79 Å². The minimum atomic E-state index is -0.425. The van der Waals surface area contributed by atoms with E-state index in [0.29, 0.717) is 0 Å². The van der Waals surface area contributed by atoms with Crippen molar-refractivity contribution in [2.24, 2.45) is 11.8 Å². The van der Waals surface area contributed by atoms with Gasteiger partial charge in [0.15, 0.2) is 0 Å². The molecule has 2 unspecified atom stereocenters. The van der Waals surface area contributed by atoms with Crippen LogP contribution in [0.5, 0.6) is 0 Å². The number of nitrogens with two attached hydrogens (primary N) is 1. The number of carbonyl (C=O) groups excluding carboxylic acids is 1. The first kappa shape index (κ1) is 16.0. The molecule has 1 fully saturated rings. The highest BCUT2D eigenvalue weighted by atomic mass is 16.6. The molecule has 0 aliphatic carbocycles. The Labute approximate surface area is 127 Å². The van der Waals surface area contributed by atoms with Gasteiger partial charge in [-0.25, -0.2) is 5.01 Å². The van der Waals surface area contributed by atoms with Crippen LogP contribution in [0.1, 0.15) is 39.2 Å². The van der Waals surface area contributed by atoms with E-state index in [1.807, 2.05) is 44.0 Å². The maximum atomic E-state index is 12.2. The smallest absolute Gasteiger partial charge is 0.309 e. The van der Waals surface area contributed by atoms with Gasteiger partial charge in [0, 0.05) is 12.6 Å². The van der Waals surface area contributed by atoms with Crippen LogP contribution in [0.25, 0.3) is 0 Å². The number of nitrogens with zero attached hydrogens (tertiary/aromatic N) is 1. The highest BCUT2D eigenvalue weighted by Crippen LogP contribution is 2.26. The number of benzene rings is 1. The van der Waals surface area contributed by atoms with Crippen molar-refractivity contribution in [1.29, 1.82) is 0 Å². The molecule has 1 saturated heterocycles. The lowest BCUT2D eigenvalue weighted by Gasteiger charge is -2.36. The van der Waals surface area contributed by atoms with Crippen LogP contribution in [0.15, 0.2) is 30.3 Å². The van der Waals surface area contributed by atoms with Crippen molar-refractivity contribution in [2.45, 2.75) is 51.7 Å². The van der Waals surface area contributed by atoms with Crippen molar-refractivity contribution in [3.63, 3.8) is 0 Å². The summed E-state index contributed by atoms with van der Waals surface area (Å²) in [5.74, 6) is 5.96. The fraction of sp³-hybridized carbons (Fsp3) is 0.588. The van der Waals surface area contributed by atoms with Crippen LogP contribution in [0.2, 0.25) is 0 Å². The van der Waals surface area contributed by atoms with E-state index in [2.05, 4.69) is 12.1 Å². The van der Waals surface area contributed by atoms with E-state index in [-0.39, 0.29) is 17.9 Å². The largest absolute Gasteiger partial charge is 0.460 e. The summed E-state index contributed by atoms with van der Waals surface area (Å²) in [5, 5.41) is 1.87. The van der Waals surface area contributed by atoms with Gasteiger partial charge in [-0.15, -0.1) is 0 Å². The minimum Gasteiger partial charge on any atom is -0.460 e. The number of hydrogen-bond donors (Lipinski definition) is 1. The minimum absolute atomic E-state index is 0.0438. The second kappa shape index (κ2) is 6.58. The monoisotopic (exact) mass is 290 g/mol. The van der Waals surface area contributed by atoms with Gasteiger partial charge in [-0.2, -0.15) is 0 Å². The van der Waals surface area contributed by atoms with Crippen molar-refractivity contribution in [3.05, 3.63) is 35.9 Å². The Morgan fingerprint density at radius 3 is 2.62 bits per heavy atom. The van der Waals surface area contributed by atoms with E-state index in [1.54, 1.807) is 0 Å². The molecule has 1 aromatic rings. The highest BCUT2D eigenvalue weighted by molar-refractivity contribution is 5.73. The SMILES string of the molecule is CC(C)(C)OC(=O)C1CCN(N)C(Cc2ccccc2)C1. The third kappa shape index (κ3) is 4.83. The molecule has 0 amide bonds. The Morgan fingerprint density at radius 2 is 2.00 bits per heavy atom. The Balaban J connectivity index is 1.97. The molecule has 0 spiro atoms. The Bertz CT molecular complexity index is 467. The molecule has 4 nitrogen and oxygen atoms in total. The summed E-state index contributed by atoms with van der Waals surface area (Å²) in [6.45, 7) is 6.46. The molecule has 0 radical (unpaired) electrons. The van der Waals surface area contributed by atoms with Gasteiger partial charge < -0.3 is 4.74 Å². The number of esters is 1. The third-order valence-electron chi connectivity index (χ3n) is 3.82. The molecule has 21 heavy (non-hydrogen) atoms. The zero-order valence-corrected chi connectivity index (χ0v) is 13.2. The van der Waals surface area contributed by atoms with Crippen molar-refractivity contribution < 1.29 is 9.53 Å².